The summed E-state index contributed by atoms with van der Waals surface area (Å²) in [7, 11) is 0. The fourth-order valence-corrected chi connectivity index (χ4v) is 2.37. The second-order valence-electron chi connectivity index (χ2n) is 5.21. The van der Waals surface area contributed by atoms with Crippen molar-refractivity contribution in [2.45, 2.75) is 18.3 Å². The van der Waals surface area contributed by atoms with E-state index in [1.54, 1.807) is 0 Å². The Hall–Kier alpha value is -2.70. The molecule has 2 rings (SSSR count). The van der Waals surface area contributed by atoms with Crippen molar-refractivity contribution in [3.63, 3.8) is 0 Å². The van der Waals surface area contributed by atoms with Crippen LogP contribution in [0.3, 0.4) is 0 Å². The molecule has 0 saturated heterocycles. The predicted octanol–water partition coefficient (Wildman–Crippen LogP) is 4.26. The highest BCUT2D eigenvalue weighted by Gasteiger charge is 2.60. The fraction of sp³-hybridized carbons (Fsp3) is 0.214. The summed E-state index contributed by atoms with van der Waals surface area (Å²) in [5.74, 6) is -7.47. The molecule has 0 aliphatic rings. The summed E-state index contributed by atoms with van der Waals surface area (Å²) >= 11 is 5.61. The van der Waals surface area contributed by atoms with Gasteiger partial charge in [-0.05, 0) is 12.1 Å². The Bertz CT molecular complexity index is 998. The van der Waals surface area contributed by atoms with Gasteiger partial charge in [0.2, 0.25) is 0 Å². The number of aromatic carboxylic acids is 1. The lowest BCUT2D eigenvalue weighted by molar-refractivity contribution is -0.291. The van der Waals surface area contributed by atoms with Crippen molar-refractivity contribution in [1.29, 1.82) is 0 Å². The van der Waals surface area contributed by atoms with Crippen LogP contribution in [0.25, 0.3) is 5.69 Å². The number of carbonyl (C=O) groups is 1. The van der Waals surface area contributed by atoms with Crippen LogP contribution >= 0.6 is 11.6 Å². The topological polar surface area (TPSA) is 72.2 Å². The van der Waals surface area contributed by atoms with Crippen molar-refractivity contribution in [1.82, 2.24) is 9.55 Å². The maximum Gasteiger partial charge on any atom is 0.459 e. The van der Waals surface area contributed by atoms with Gasteiger partial charge in [0.25, 0.3) is 5.56 Å². The van der Waals surface area contributed by atoms with E-state index in [-0.39, 0.29) is 29.1 Å². The van der Waals surface area contributed by atoms with Gasteiger partial charge in [0, 0.05) is 6.07 Å². The molecule has 5 nitrogen and oxygen atoms in total. The molecular weight excluding hydrogens is 432 g/mol. The third-order valence-electron chi connectivity index (χ3n) is 3.35. The zero-order valence-corrected chi connectivity index (χ0v) is 13.6. The molecule has 0 spiro atoms. The van der Waals surface area contributed by atoms with Crippen LogP contribution in [0.15, 0.2) is 29.3 Å². The lowest BCUT2D eigenvalue weighted by Crippen LogP contribution is -2.36. The molecule has 0 unspecified atom stereocenters. The third kappa shape index (κ3) is 3.79. The number of nitrogens with zero attached hydrogens (tertiary/aromatic N) is 2. The molecule has 1 heterocycles. The van der Waals surface area contributed by atoms with Gasteiger partial charge in [-0.15, -0.1) is 0 Å². The van der Waals surface area contributed by atoms with Crippen molar-refractivity contribution >= 4 is 17.6 Å². The summed E-state index contributed by atoms with van der Waals surface area (Å²) in [6, 6.07) is 0.148. The Morgan fingerprint density at radius 2 is 1.61 bits per heavy atom. The van der Waals surface area contributed by atoms with Gasteiger partial charge >= 0.3 is 24.2 Å². The van der Waals surface area contributed by atoms with Gasteiger partial charge in [-0.1, -0.05) is 11.6 Å². The summed E-state index contributed by atoms with van der Waals surface area (Å²) in [5, 5.41) is 8.17. The van der Waals surface area contributed by atoms with Crippen molar-refractivity contribution in [2.75, 3.05) is 0 Å². The van der Waals surface area contributed by atoms with Crippen LogP contribution < -0.4 is 5.56 Å². The van der Waals surface area contributed by atoms with E-state index in [0.29, 0.717) is 0 Å². The van der Waals surface area contributed by atoms with E-state index in [9.17, 15) is 44.7 Å². The normalized spacial score (nSPS) is 12.9. The minimum Gasteiger partial charge on any atom is -0.478 e. The number of hydrogen-bond donors (Lipinski definition) is 1. The van der Waals surface area contributed by atoms with Crippen molar-refractivity contribution in [3.8, 4) is 5.69 Å². The average Bonchev–Trinajstić information content (AvgIpc) is 2.52. The van der Waals surface area contributed by atoms with E-state index < -0.39 is 57.3 Å². The first kappa shape index (κ1) is 21.6. The van der Waals surface area contributed by atoms with E-state index >= 15 is 0 Å². The molecular formula is C14H5ClF8N2O3. The SMILES string of the molecule is O=C(O)c1cc(C(F)(F)F)cc(Cl)c1-n1cnc(C(F)(F)C(F)(F)F)cc1=O. The fourth-order valence-electron chi connectivity index (χ4n) is 2.06. The molecule has 152 valence electrons. The number of aromatic nitrogens is 2. The third-order valence-corrected chi connectivity index (χ3v) is 3.64. The first-order valence-corrected chi connectivity index (χ1v) is 7.13. The molecule has 1 aromatic carbocycles. The summed E-state index contributed by atoms with van der Waals surface area (Å²) in [4.78, 5) is 26.0. The van der Waals surface area contributed by atoms with E-state index in [2.05, 4.69) is 4.98 Å². The molecule has 0 fully saturated rings. The highest BCUT2D eigenvalue weighted by molar-refractivity contribution is 6.33. The van der Waals surface area contributed by atoms with Gasteiger partial charge in [-0.25, -0.2) is 9.78 Å². The van der Waals surface area contributed by atoms with E-state index in [0.717, 1.165) is 0 Å². The van der Waals surface area contributed by atoms with Crippen LogP contribution in [0, 0.1) is 0 Å². The van der Waals surface area contributed by atoms with Gasteiger partial charge in [0.15, 0.2) is 0 Å². The quantitative estimate of drug-likeness (QED) is 0.730. The van der Waals surface area contributed by atoms with Gasteiger partial charge in [-0.2, -0.15) is 35.1 Å². The van der Waals surface area contributed by atoms with Crippen LogP contribution in [-0.2, 0) is 12.1 Å². The van der Waals surface area contributed by atoms with Crippen molar-refractivity contribution in [2.24, 2.45) is 0 Å². The minimum atomic E-state index is -6.07. The van der Waals surface area contributed by atoms with Gasteiger partial charge in [0.05, 0.1) is 21.8 Å². The molecule has 0 atom stereocenters. The molecule has 0 bridgehead atoms. The molecule has 0 radical (unpaired) electrons. The highest BCUT2D eigenvalue weighted by atomic mass is 35.5. The molecule has 14 heteroatoms. The van der Waals surface area contributed by atoms with Gasteiger partial charge in [-0.3, -0.25) is 9.36 Å². The lowest BCUT2D eigenvalue weighted by atomic mass is 10.1. The van der Waals surface area contributed by atoms with Crippen molar-refractivity contribution < 1.29 is 45.0 Å². The van der Waals surface area contributed by atoms with E-state index in [4.69, 9.17) is 16.7 Å². The van der Waals surface area contributed by atoms with Crippen LogP contribution in [0.4, 0.5) is 35.1 Å². The minimum absolute atomic E-state index is 0.109. The number of halogens is 9. The van der Waals surface area contributed by atoms with Gasteiger partial charge in [0.1, 0.15) is 12.0 Å². The van der Waals surface area contributed by atoms with Crippen LogP contribution in [-0.4, -0.2) is 26.8 Å². The standard InChI is InChI=1S/C14H5ClF8N2O3/c15-7-2-5(13(18,19)20)1-6(11(27)28)10(7)25-4-24-8(3-9(25)26)12(16,17)14(21,22)23/h1-4H,(H,27,28). The number of benzene rings is 1. The van der Waals surface area contributed by atoms with E-state index in [1.165, 1.54) is 0 Å². The average molecular weight is 437 g/mol. The summed E-state index contributed by atoms with van der Waals surface area (Å²) in [6.07, 6.45) is -11.0. The molecule has 1 aromatic heterocycles. The van der Waals surface area contributed by atoms with Crippen LogP contribution in [0.5, 0.6) is 0 Å². The highest BCUT2D eigenvalue weighted by Crippen LogP contribution is 2.42. The second kappa shape index (κ2) is 6.72. The number of rotatable bonds is 3. The Labute approximate surface area is 153 Å². The summed E-state index contributed by atoms with van der Waals surface area (Å²) in [5.41, 5.74) is -7.14. The Balaban J connectivity index is 2.73. The molecule has 0 saturated carbocycles. The molecule has 0 aliphatic carbocycles. The van der Waals surface area contributed by atoms with Gasteiger partial charge < -0.3 is 5.11 Å². The Morgan fingerprint density at radius 1 is 1.04 bits per heavy atom. The lowest BCUT2D eigenvalue weighted by Gasteiger charge is -2.19. The smallest absolute Gasteiger partial charge is 0.459 e. The Kier molecular flexibility index (Phi) is 5.19. The number of alkyl halides is 8. The van der Waals surface area contributed by atoms with Crippen molar-refractivity contribution in [3.05, 3.63) is 56.7 Å². The largest absolute Gasteiger partial charge is 0.478 e. The monoisotopic (exact) mass is 436 g/mol. The number of carboxylic acid groups (broad SMARTS) is 1. The zero-order valence-electron chi connectivity index (χ0n) is 12.9. The summed E-state index contributed by atoms with van der Waals surface area (Å²) < 4.78 is 102. The molecule has 28 heavy (non-hydrogen) atoms. The maximum absolute atomic E-state index is 13.3. The number of hydrogen-bond acceptors (Lipinski definition) is 3. The first-order valence-electron chi connectivity index (χ1n) is 6.75. The molecule has 2 aromatic rings. The zero-order chi connectivity index (χ0) is 21.7. The van der Waals surface area contributed by atoms with Crippen LogP contribution in [0.1, 0.15) is 21.6 Å². The predicted molar refractivity (Wildman–Crippen MR) is 76.8 cm³/mol. The number of carboxylic acids is 1. The molecule has 1 N–H and O–H groups in total. The Morgan fingerprint density at radius 3 is 2.04 bits per heavy atom. The van der Waals surface area contributed by atoms with E-state index in [1.807, 2.05) is 0 Å². The molecule has 0 aliphatic heterocycles. The first-order chi connectivity index (χ1) is 12.6. The van der Waals surface area contributed by atoms with Crippen LogP contribution in [0.2, 0.25) is 5.02 Å². The molecule has 0 amide bonds. The summed E-state index contributed by atoms with van der Waals surface area (Å²) in [6.45, 7) is 0. The maximum atomic E-state index is 13.3. The second-order valence-corrected chi connectivity index (χ2v) is 5.62.